The van der Waals surface area contributed by atoms with Crippen LogP contribution >= 0.6 is 0 Å². The molecule has 0 unspecified atom stereocenters. The molecule has 0 atom stereocenters. The molecule has 0 saturated carbocycles. The van der Waals surface area contributed by atoms with E-state index in [0.29, 0.717) is 41.2 Å². The summed E-state index contributed by atoms with van der Waals surface area (Å²) in [5, 5.41) is 12.5. The monoisotopic (exact) mass is 556 g/mol. The number of alkyl carbamates (subject to hydrolysis) is 1. The Morgan fingerprint density at radius 3 is 2.32 bits per heavy atom. The number of benzene rings is 3. The fraction of sp³-hybridized carbons (Fsp3) is 0.281. The van der Waals surface area contributed by atoms with Gasteiger partial charge in [-0.25, -0.2) is 9.59 Å². The molecule has 9 nitrogen and oxygen atoms in total. The molecule has 3 aromatic carbocycles. The predicted octanol–water partition coefficient (Wildman–Crippen LogP) is 5.41. The van der Waals surface area contributed by atoms with E-state index in [1.54, 1.807) is 18.2 Å². The Hall–Kier alpha value is -4.63. The Balaban J connectivity index is 1.44. The van der Waals surface area contributed by atoms with E-state index in [2.05, 4.69) is 21.3 Å². The van der Waals surface area contributed by atoms with Crippen molar-refractivity contribution in [3.05, 3.63) is 95.1 Å². The molecule has 0 spiro atoms. The summed E-state index contributed by atoms with van der Waals surface area (Å²) in [5.74, 6) is -0.723. The summed E-state index contributed by atoms with van der Waals surface area (Å²) < 4.78 is 10.1. The summed E-state index contributed by atoms with van der Waals surface area (Å²) >= 11 is 0. The molecule has 0 aliphatic carbocycles. The zero-order valence-corrected chi connectivity index (χ0v) is 23.8. The highest BCUT2D eigenvalue weighted by Gasteiger charge is 2.29. The molecule has 0 saturated heterocycles. The van der Waals surface area contributed by atoms with E-state index in [9.17, 15) is 14.4 Å². The second kappa shape index (κ2) is 13.1. The number of esters is 1. The molecule has 214 valence electrons. The van der Waals surface area contributed by atoms with Crippen molar-refractivity contribution in [2.75, 3.05) is 30.8 Å². The van der Waals surface area contributed by atoms with Gasteiger partial charge >= 0.3 is 12.1 Å². The van der Waals surface area contributed by atoms with Gasteiger partial charge in [-0.3, -0.25) is 4.79 Å². The van der Waals surface area contributed by atoms with E-state index in [4.69, 9.17) is 9.47 Å². The molecule has 3 aromatic rings. The van der Waals surface area contributed by atoms with Crippen LogP contribution < -0.4 is 21.3 Å². The number of hydrogen-bond acceptors (Lipinski definition) is 7. The van der Waals surface area contributed by atoms with Crippen LogP contribution in [0.25, 0.3) is 11.3 Å². The molecule has 0 aromatic heterocycles. The van der Waals surface area contributed by atoms with Crippen LogP contribution in [-0.4, -0.2) is 43.8 Å². The number of nitrogens with one attached hydrogen (secondary N) is 4. The predicted molar refractivity (Wildman–Crippen MR) is 160 cm³/mol. The Labute approximate surface area is 240 Å². The number of amides is 2. The van der Waals surface area contributed by atoms with E-state index >= 15 is 0 Å². The van der Waals surface area contributed by atoms with E-state index < -0.39 is 17.7 Å². The fourth-order valence-corrected chi connectivity index (χ4v) is 4.35. The quantitative estimate of drug-likeness (QED) is 0.150. The first kappa shape index (κ1) is 29.4. The van der Waals surface area contributed by atoms with Crippen molar-refractivity contribution in [1.82, 2.24) is 10.6 Å². The lowest BCUT2D eigenvalue weighted by Gasteiger charge is -2.19. The normalized spacial score (nSPS) is 13.6. The van der Waals surface area contributed by atoms with Gasteiger partial charge in [-0.2, -0.15) is 0 Å². The van der Waals surface area contributed by atoms with Crippen LogP contribution in [-0.2, 0) is 20.8 Å². The minimum absolute atomic E-state index is 0.254. The standard InChI is InChI=1S/C32H36N4O5/c1-32(2,3)41-31(39)34-18-8-17-33-20-21-11-14-24(15-12-21)35-28(22-9-6-5-7-10-22)27-25-19-23(30(38)40-4)13-16-26(25)36-29(27)37/h5-7,9-16,19,33,35H,8,17-18,20H2,1-4H3,(H,34,39)(H,36,37)/b28-27-. The average molecular weight is 557 g/mol. The molecule has 9 heteroatoms. The van der Waals surface area contributed by atoms with Gasteiger partial charge in [-0.1, -0.05) is 42.5 Å². The first-order valence-corrected chi connectivity index (χ1v) is 13.5. The highest BCUT2D eigenvalue weighted by atomic mass is 16.6. The van der Waals surface area contributed by atoms with Gasteiger partial charge in [0.25, 0.3) is 5.91 Å². The van der Waals surface area contributed by atoms with Crippen LogP contribution in [0.15, 0.2) is 72.8 Å². The number of rotatable bonds is 10. The van der Waals surface area contributed by atoms with Crippen LogP contribution in [0.2, 0.25) is 0 Å². The van der Waals surface area contributed by atoms with E-state index in [0.717, 1.165) is 29.8 Å². The van der Waals surface area contributed by atoms with Crippen LogP contribution in [0.5, 0.6) is 0 Å². The van der Waals surface area contributed by atoms with Gasteiger partial charge in [-0.05, 0) is 75.2 Å². The average Bonchev–Trinajstić information content (AvgIpc) is 3.28. The van der Waals surface area contributed by atoms with Crippen molar-refractivity contribution in [3.8, 4) is 0 Å². The lowest BCUT2D eigenvalue weighted by atomic mass is 9.98. The van der Waals surface area contributed by atoms with Gasteiger partial charge in [-0.15, -0.1) is 0 Å². The Morgan fingerprint density at radius 1 is 0.902 bits per heavy atom. The van der Waals surface area contributed by atoms with Gasteiger partial charge in [0.15, 0.2) is 0 Å². The fourth-order valence-electron chi connectivity index (χ4n) is 4.35. The third kappa shape index (κ3) is 7.95. The van der Waals surface area contributed by atoms with Crippen molar-refractivity contribution in [3.63, 3.8) is 0 Å². The number of methoxy groups -OCH3 is 1. The first-order chi connectivity index (χ1) is 19.6. The second-order valence-corrected chi connectivity index (χ2v) is 10.6. The molecular formula is C32H36N4O5. The SMILES string of the molecule is COC(=O)c1ccc2c(c1)/C(=C(/Nc1ccc(CNCCCNC(=O)OC(C)(C)C)cc1)c1ccccc1)C(=O)N2. The highest BCUT2D eigenvalue weighted by Crippen LogP contribution is 2.38. The molecule has 1 aliphatic heterocycles. The van der Waals surface area contributed by atoms with Crippen LogP contribution in [0, 0.1) is 0 Å². The maximum absolute atomic E-state index is 13.2. The van der Waals surface area contributed by atoms with Gasteiger partial charge in [0.05, 0.1) is 23.9 Å². The van der Waals surface area contributed by atoms with Gasteiger partial charge in [0, 0.05) is 30.0 Å². The maximum atomic E-state index is 13.2. The summed E-state index contributed by atoms with van der Waals surface area (Å²) in [6.07, 6.45) is 0.363. The third-order valence-corrected chi connectivity index (χ3v) is 6.25. The van der Waals surface area contributed by atoms with Crippen LogP contribution in [0.3, 0.4) is 0 Å². The van der Waals surface area contributed by atoms with Gasteiger partial charge < -0.3 is 30.7 Å². The summed E-state index contributed by atoms with van der Waals surface area (Å²) in [5.41, 5.74) is 4.94. The number of hydrogen-bond donors (Lipinski definition) is 4. The third-order valence-electron chi connectivity index (χ3n) is 6.25. The Kier molecular flexibility index (Phi) is 9.41. The number of carbonyl (C=O) groups excluding carboxylic acids is 3. The molecule has 1 heterocycles. The van der Waals surface area contributed by atoms with E-state index in [-0.39, 0.29) is 5.91 Å². The summed E-state index contributed by atoms with van der Waals surface area (Å²) in [4.78, 5) is 37.1. The van der Waals surface area contributed by atoms with Gasteiger partial charge in [0.1, 0.15) is 5.60 Å². The minimum atomic E-state index is -0.510. The summed E-state index contributed by atoms with van der Waals surface area (Å²) in [6.45, 7) is 7.44. The number of carbonyl (C=O) groups is 3. The number of anilines is 2. The van der Waals surface area contributed by atoms with Crippen molar-refractivity contribution < 1.29 is 23.9 Å². The molecule has 4 rings (SSSR count). The van der Waals surface area contributed by atoms with Crippen LogP contribution in [0.1, 0.15) is 54.2 Å². The van der Waals surface area contributed by atoms with Gasteiger partial charge in [0.2, 0.25) is 0 Å². The first-order valence-electron chi connectivity index (χ1n) is 13.5. The van der Waals surface area contributed by atoms with Crippen molar-refractivity contribution in [2.45, 2.75) is 39.3 Å². The van der Waals surface area contributed by atoms with Crippen molar-refractivity contribution in [1.29, 1.82) is 0 Å². The van der Waals surface area contributed by atoms with E-state index in [1.807, 2.05) is 75.4 Å². The molecule has 0 fully saturated rings. The highest BCUT2D eigenvalue weighted by molar-refractivity contribution is 6.37. The van der Waals surface area contributed by atoms with Crippen LogP contribution in [0.4, 0.5) is 16.2 Å². The molecule has 0 radical (unpaired) electrons. The molecular weight excluding hydrogens is 520 g/mol. The van der Waals surface area contributed by atoms with Crippen molar-refractivity contribution in [2.24, 2.45) is 0 Å². The molecule has 4 N–H and O–H groups in total. The topological polar surface area (TPSA) is 118 Å². The lowest BCUT2D eigenvalue weighted by Crippen LogP contribution is -2.33. The Bertz CT molecular complexity index is 1430. The van der Waals surface area contributed by atoms with Crippen molar-refractivity contribution >= 4 is 40.6 Å². The maximum Gasteiger partial charge on any atom is 0.407 e. The molecule has 1 aliphatic rings. The van der Waals surface area contributed by atoms with E-state index in [1.165, 1.54) is 7.11 Å². The zero-order valence-electron chi connectivity index (χ0n) is 23.8. The second-order valence-electron chi connectivity index (χ2n) is 10.6. The number of ether oxygens (including phenoxy) is 2. The summed E-state index contributed by atoms with van der Waals surface area (Å²) in [6, 6.07) is 22.6. The molecule has 2 amide bonds. The molecule has 0 bridgehead atoms. The number of fused-ring (bicyclic) bond motifs is 1. The smallest absolute Gasteiger partial charge is 0.407 e. The zero-order chi connectivity index (χ0) is 29.4. The lowest BCUT2D eigenvalue weighted by molar-refractivity contribution is -0.110. The Morgan fingerprint density at radius 2 is 1.63 bits per heavy atom. The molecule has 41 heavy (non-hydrogen) atoms. The largest absolute Gasteiger partial charge is 0.465 e. The minimum Gasteiger partial charge on any atom is -0.465 e. The summed E-state index contributed by atoms with van der Waals surface area (Å²) in [7, 11) is 1.33.